The molecule has 2 atom stereocenters. The summed E-state index contributed by atoms with van der Waals surface area (Å²) in [6.45, 7) is 1.58. The number of hydrogen-bond acceptors (Lipinski definition) is 2. The Kier molecular flexibility index (Phi) is 3.56. The standard InChI is InChI=1S/C16H22N2O/c17-15-11-18(16(19)13-7-4-8-13)10-9-14(15)12-5-2-1-3-6-12/h1-3,5-6,13-15H,4,7-11,17H2. The molecule has 2 fully saturated rings. The first-order valence-electron chi connectivity index (χ1n) is 7.35. The van der Waals surface area contributed by atoms with E-state index >= 15 is 0 Å². The number of hydrogen-bond donors (Lipinski definition) is 1. The fourth-order valence-electron chi connectivity index (χ4n) is 3.21. The zero-order chi connectivity index (χ0) is 13.2. The van der Waals surface area contributed by atoms with E-state index in [0.29, 0.717) is 17.7 Å². The van der Waals surface area contributed by atoms with Gasteiger partial charge in [-0.1, -0.05) is 36.8 Å². The smallest absolute Gasteiger partial charge is 0.225 e. The lowest BCUT2D eigenvalue weighted by Crippen LogP contribution is -2.51. The van der Waals surface area contributed by atoms with E-state index in [1.165, 1.54) is 12.0 Å². The molecule has 1 aliphatic heterocycles. The third-order valence-electron chi connectivity index (χ3n) is 4.65. The van der Waals surface area contributed by atoms with Crippen LogP contribution in [0.2, 0.25) is 0 Å². The van der Waals surface area contributed by atoms with Crippen LogP contribution in [-0.2, 0) is 4.79 Å². The summed E-state index contributed by atoms with van der Waals surface area (Å²) in [6, 6.07) is 10.5. The molecule has 0 radical (unpaired) electrons. The summed E-state index contributed by atoms with van der Waals surface area (Å²) in [5, 5.41) is 0. The van der Waals surface area contributed by atoms with E-state index in [0.717, 1.165) is 32.4 Å². The molecule has 19 heavy (non-hydrogen) atoms. The van der Waals surface area contributed by atoms with Crippen LogP contribution in [-0.4, -0.2) is 29.9 Å². The van der Waals surface area contributed by atoms with E-state index in [9.17, 15) is 4.79 Å². The summed E-state index contributed by atoms with van der Waals surface area (Å²) < 4.78 is 0. The highest BCUT2D eigenvalue weighted by atomic mass is 16.2. The summed E-state index contributed by atoms with van der Waals surface area (Å²) in [5.74, 6) is 1.03. The number of nitrogens with two attached hydrogens (primary N) is 1. The highest BCUT2D eigenvalue weighted by Crippen LogP contribution is 2.32. The van der Waals surface area contributed by atoms with Crippen molar-refractivity contribution in [2.45, 2.75) is 37.6 Å². The molecule has 1 aliphatic carbocycles. The molecular weight excluding hydrogens is 236 g/mol. The molecule has 0 aromatic heterocycles. The molecule has 2 unspecified atom stereocenters. The number of benzene rings is 1. The van der Waals surface area contributed by atoms with Crippen LogP contribution in [0.25, 0.3) is 0 Å². The first-order chi connectivity index (χ1) is 9.25. The summed E-state index contributed by atoms with van der Waals surface area (Å²) in [6.07, 6.45) is 4.35. The maximum Gasteiger partial charge on any atom is 0.225 e. The third kappa shape index (κ3) is 2.52. The molecule has 3 heteroatoms. The Morgan fingerprint density at radius 1 is 1.16 bits per heavy atom. The molecule has 2 aliphatic rings. The molecule has 1 amide bonds. The van der Waals surface area contributed by atoms with E-state index in [1.54, 1.807) is 0 Å². The topological polar surface area (TPSA) is 46.3 Å². The molecule has 0 spiro atoms. The van der Waals surface area contributed by atoms with Crippen LogP contribution in [0.15, 0.2) is 30.3 Å². The molecule has 102 valence electrons. The van der Waals surface area contributed by atoms with Gasteiger partial charge in [0.1, 0.15) is 0 Å². The molecule has 1 heterocycles. The lowest BCUT2D eigenvalue weighted by molar-refractivity contribution is -0.139. The van der Waals surface area contributed by atoms with Gasteiger partial charge in [-0.25, -0.2) is 0 Å². The van der Waals surface area contributed by atoms with Gasteiger partial charge >= 0.3 is 0 Å². The summed E-state index contributed by atoms with van der Waals surface area (Å²) in [4.78, 5) is 14.2. The number of carbonyl (C=O) groups is 1. The minimum absolute atomic E-state index is 0.0696. The average Bonchev–Trinajstić information content (AvgIpc) is 2.37. The number of rotatable bonds is 2. The van der Waals surface area contributed by atoms with Gasteiger partial charge in [-0.3, -0.25) is 4.79 Å². The van der Waals surface area contributed by atoms with E-state index in [1.807, 2.05) is 11.0 Å². The summed E-state index contributed by atoms with van der Waals surface area (Å²) >= 11 is 0. The van der Waals surface area contributed by atoms with Gasteiger partial charge in [0.25, 0.3) is 0 Å². The van der Waals surface area contributed by atoms with E-state index < -0.39 is 0 Å². The lowest BCUT2D eigenvalue weighted by Gasteiger charge is -2.40. The molecule has 1 aromatic rings. The van der Waals surface area contributed by atoms with Gasteiger partial charge in [-0.2, -0.15) is 0 Å². The van der Waals surface area contributed by atoms with Crippen LogP contribution in [0, 0.1) is 5.92 Å². The van der Waals surface area contributed by atoms with Crippen LogP contribution >= 0.6 is 0 Å². The Morgan fingerprint density at radius 2 is 1.89 bits per heavy atom. The minimum atomic E-state index is 0.0696. The Morgan fingerprint density at radius 3 is 2.47 bits per heavy atom. The normalized spacial score (nSPS) is 27.9. The van der Waals surface area contributed by atoms with Crippen molar-refractivity contribution >= 4 is 5.91 Å². The quantitative estimate of drug-likeness (QED) is 0.883. The monoisotopic (exact) mass is 258 g/mol. The minimum Gasteiger partial charge on any atom is -0.341 e. The largest absolute Gasteiger partial charge is 0.341 e. The van der Waals surface area contributed by atoms with Crippen LogP contribution in [0.1, 0.15) is 37.2 Å². The number of nitrogens with zero attached hydrogens (tertiary/aromatic N) is 1. The first kappa shape index (κ1) is 12.7. The lowest BCUT2D eigenvalue weighted by atomic mass is 9.82. The van der Waals surface area contributed by atoms with Crippen molar-refractivity contribution in [2.75, 3.05) is 13.1 Å². The second kappa shape index (κ2) is 5.33. The predicted octanol–water partition coefficient (Wildman–Crippen LogP) is 2.13. The van der Waals surface area contributed by atoms with Crippen molar-refractivity contribution in [3.63, 3.8) is 0 Å². The van der Waals surface area contributed by atoms with Crippen LogP contribution < -0.4 is 5.73 Å². The molecule has 1 saturated heterocycles. The van der Waals surface area contributed by atoms with Gasteiger partial charge in [0.2, 0.25) is 5.91 Å². The third-order valence-corrected chi connectivity index (χ3v) is 4.65. The number of amides is 1. The zero-order valence-electron chi connectivity index (χ0n) is 11.3. The van der Waals surface area contributed by atoms with Gasteiger partial charge in [-0.15, -0.1) is 0 Å². The molecule has 2 N–H and O–H groups in total. The maximum absolute atomic E-state index is 12.2. The number of likely N-dealkylation sites (tertiary alicyclic amines) is 1. The second-order valence-electron chi connectivity index (χ2n) is 5.88. The highest BCUT2D eigenvalue weighted by Gasteiger charge is 2.34. The molecule has 3 nitrogen and oxygen atoms in total. The summed E-state index contributed by atoms with van der Waals surface area (Å²) in [5.41, 5.74) is 7.62. The van der Waals surface area contributed by atoms with Crippen molar-refractivity contribution in [3.8, 4) is 0 Å². The van der Waals surface area contributed by atoms with Gasteiger partial charge in [0.15, 0.2) is 0 Å². The van der Waals surface area contributed by atoms with E-state index in [2.05, 4.69) is 24.3 Å². The van der Waals surface area contributed by atoms with Gasteiger partial charge in [0.05, 0.1) is 0 Å². The molecule has 1 aromatic carbocycles. The molecule has 3 rings (SSSR count). The van der Waals surface area contributed by atoms with Crippen molar-refractivity contribution < 1.29 is 4.79 Å². The molecular formula is C16H22N2O. The average molecular weight is 258 g/mol. The van der Waals surface area contributed by atoms with Crippen LogP contribution in [0.4, 0.5) is 0 Å². The summed E-state index contributed by atoms with van der Waals surface area (Å²) in [7, 11) is 0. The number of piperidine rings is 1. The second-order valence-corrected chi connectivity index (χ2v) is 5.88. The zero-order valence-corrected chi connectivity index (χ0v) is 11.3. The first-order valence-corrected chi connectivity index (χ1v) is 7.35. The van der Waals surface area contributed by atoms with Crippen molar-refractivity contribution in [1.29, 1.82) is 0 Å². The Hall–Kier alpha value is -1.35. The Balaban J connectivity index is 1.64. The van der Waals surface area contributed by atoms with Crippen molar-refractivity contribution in [2.24, 2.45) is 11.7 Å². The fraction of sp³-hybridized carbons (Fsp3) is 0.562. The molecule has 1 saturated carbocycles. The van der Waals surface area contributed by atoms with E-state index in [4.69, 9.17) is 5.73 Å². The van der Waals surface area contributed by atoms with Gasteiger partial charge < -0.3 is 10.6 Å². The predicted molar refractivity (Wildman–Crippen MR) is 75.7 cm³/mol. The fourth-order valence-corrected chi connectivity index (χ4v) is 3.21. The van der Waals surface area contributed by atoms with Gasteiger partial charge in [-0.05, 0) is 24.8 Å². The highest BCUT2D eigenvalue weighted by molar-refractivity contribution is 5.79. The van der Waals surface area contributed by atoms with Crippen molar-refractivity contribution in [3.05, 3.63) is 35.9 Å². The van der Waals surface area contributed by atoms with Gasteiger partial charge in [0, 0.05) is 31.0 Å². The van der Waals surface area contributed by atoms with Crippen LogP contribution in [0.3, 0.4) is 0 Å². The SMILES string of the molecule is NC1CN(C(=O)C2CCC2)CCC1c1ccccc1. The van der Waals surface area contributed by atoms with E-state index in [-0.39, 0.29) is 6.04 Å². The van der Waals surface area contributed by atoms with Crippen molar-refractivity contribution in [1.82, 2.24) is 4.90 Å². The number of carbonyl (C=O) groups excluding carboxylic acids is 1. The Bertz CT molecular complexity index is 441. The van der Waals surface area contributed by atoms with Crippen LogP contribution in [0.5, 0.6) is 0 Å². The molecule has 0 bridgehead atoms. The Labute approximate surface area is 114 Å². The maximum atomic E-state index is 12.2.